The minimum Gasteiger partial charge on any atom is -0.508 e. The molecule has 0 radical (unpaired) electrons. The number of benzene rings is 1. The predicted octanol–water partition coefficient (Wildman–Crippen LogP) is -0.470. The van der Waals surface area contributed by atoms with Gasteiger partial charge in [0.15, 0.2) is 12.6 Å². The number of aliphatic hydroxyl groups is 6. The van der Waals surface area contributed by atoms with Gasteiger partial charge in [0.05, 0.1) is 18.6 Å². The molecule has 0 aromatic heterocycles. The molecule has 1 aliphatic rings. The second-order valence-corrected chi connectivity index (χ2v) is 8.91. The number of carboxylic acids is 1. The number of carbonyl (C=O) groups is 1. The zero-order valence-electron chi connectivity index (χ0n) is 18.7. The van der Waals surface area contributed by atoms with Gasteiger partial charge in [0, 0.05) is 6.42 Å². The van der Waals surface area contributed by atoms with Gasteiger partial charge >= 0.3 is 5.97 Å². The molecule has 7 atom stereocenters. The molecule has 1 saturated heterocycles. The molecular weight excluding hydrogens is 440 g/mol. The summed E-state index contributed by atoms with van der Waals surface area (Å²) in [5.41, 5.74) is -6.27. The van der Waals surface area contributed by atoms with Crippen LogP contribution in [0, 0.1) is 0 Å². The number of hydrogen-bond acceptors (Lipinski definition) is 10. The second kappa shape index (κ2) is 10.6. The summed E-state index contributed by atoms with van der Waals surface area (Å²) in [6.45, 7) is 2.45. The third-order valence-corrected chi connectivity index (χ3v) is 5.95. The number of hydrogen-bond donors (Lipinski definition) is 8. The first-order chi connectivity index (χ1) is 15.3. The molecule has 33 heavy (non-hydrogen) atoms. The van der Waals surface area contributed by atoms with Crippen LogP contribution in [0.15, 0.2) is 24.3 Å². The SMILES string of the molecule is CCCC[C@@]1(O)[C@@H](O)[C@@](O)(c2ccc(O)cc2)[C@@H](COC(O)C[C@](C)(O)CC(=O)O)O[C@@H]1O. The maximum atomic E-state index is 11.6. The summed E-state index contributed by atoms with van der Waals surface area (Å²) in [5, 5.41) is 82.8. The van der Waals surface area contributed by atoms with Crippen molar-refractivity contribution >= 4 is 5.97 Å². The van der Waals surface area contributed by atoms with E-state index in [1.165, 1.54) is 31.2 Å². The Bertz CT molecular complexity index is 783. The molecular formula is C22H34O11. The number of carboxylic acid groups (broad SMARTS) is 1. The lowest BCUT2D eigenvalue weighted by Crippen LogP contribution is -2.71. The fourth-order valence-electron chi connectivity index (χ4n) is 4.06. The first-order valence-corrected chi connectivity index (χ1v) is 10.8. The maximum absolute atomic E-state index is 11.6. The van der Waals surface area contributed by atoms with Crippen molar-refractivity contribution in [2.75, 3.05) is 6.61 Å². The van der Waals surface area contributed by atoms with Crippen molar-refractivity contribution in [3.05, 3.63) is 29.8 Å². The lowest BCUT2D eigenvalue weighted by Gasteiger charge is -2.53. The van der Waals surface area contributed by atoms with E-state index in [0.717, 1.165) is 0 Å². The molecule has 1 aromatic carbocycles. The van der Waals surface area contributed by atoms with Gasteiger partial charge in [0.1, 0.15) is 29.2 Å². The van der Waals surface area contributed by atoms with Crippen LogP contribution < -0.4 is 0 Å². The quantitative estimate of drug-likeness (QED) is 0.193. The fraction of sp³-hybridized carbons (Fsp3) is 0.682. The van der Waals surface area contributed by atoms with Crippen LogP contribution in [-0.4, -0.2) is 89.4 Å². The van der Waals surface area contributed by atoms with Crippen molar-refractivity contribution in [3.63, 3.8) is 0 Å². The number of aromatic hydroxyl groups is 1. The molecule has 1 aromatic rings. The van der Waals surface area contributed by atoms with Gasteiger partial charge in [-0.15, -0.1) is 0 Å². The summed E-state index contributed by atoms with van der Waals surface area (Å²) in [5.74, 6) is -1.39. The van der Waals surface area contributed by atoms with Crippen LogP contribution in [0.1, 0.15) is 51.5 Å². The van der Waals surface area contributed by atoms with E-state index in [1.54, 1.807) is 0 Å². The first-order valence-electron chi connectivity index (χ1n) is 10.8. The van der Waals surface area contributed by atoms with Crippen molar-refractivity contribution in [2.24, 2.45) is 0 Å². The summed E-state index contributed by atoms with van der Waals surface area (Å²) < 4.78 is 10.7. The molecule has 0 spiro atoms. The van der Waals surface area contributed by atoms with E-state index in [2.05, 4.69) is 0 Å². The standard InChI is InChI=1S/C22H34O11/c1-3-4-9-21(30)18(27)22(31,13-5-7-14(23)8-6-13)15(33-19(21)28)12-32-17(26)11-20(2,29)10-16(24)25/h5-8,15,17-19,23,26-31H,3-4,9-12H2,1-2H3,(H,24,25)/t15-,17?,18-,19+,20-,21-,22-/m1/s1. The highest BCUT2D eigenvalue weighted by atomic mass is 16.7. The lowest BCUT2D eigenvalue weighted by atomic mass is 9.71. The molecule has 0 bridgehead atoms. The lowest BCUT2D eigenvalue weighted by molar-refractivity contribution is -0.369. The molecule has 1 fully saturated rings. The van der Waals surface area contributed by atoms with Gasteiger partial charge in [-0.3, -0.25) is 4.79 Å². The van der Waals surface area contributed by atoms with Gasteiger partial charge in [-0.25, -0.2) is 0 Å². The van der Waals surface area contributed by atoms with Crippen LogP contribution in [0.25, 0.3) is 0 Å². The predicted molar refractivity (Wildman–Crippen MR) is 113 cm³/mol. The number of phenolic OH excluding ortho intramolecular Hbond substituents is 1. The molecule has 1 heterocycles. The van der Waals surface area contributed by atoms with E-state index in [-0.39, 0.29) is 17.7 Å². The van der Waals surface area contributed by atoms with Crippen LogP contribution in [0.3, 0.4) is 0 Å². The topological polar surface area (TPSA) is 197 Å². The van der Waals surface area contributed by atoms with E-state index < -0.39 is 67.0 Å². The van der Waals surface area contributed by atoms with Gasteiger partial charge in [-0.1, -0.05) is 31.9 Å². The second-order valence-electron chi connectivity index (χ2n) is 8.91. The highest BCUT2D eigenvalue weighted by Crippen LogP contribution is 2.44. The molecule has 8 N–H and O–H groups in total. The summed E-state index contributed by atoms with van der Waals surface area (Å²) in [4.78, 5) is 10.8. The Kier molecular flexibility index (Phi) is 8.82. The Balaban J connectivity index is 2.29. The highest BCUT2D eigenvalue weighted by Gasteiger charge is 2.62. The Morgan fingerprint density at radius 1 is 1.24 bits per heavy atom. The van der Waals surface area contributed by atoms with E-state index in [9.17, 15) is 40.5 Å². The number of aliphatic hydroxyl groups excluding tert-OH is 3. The van der Waals surface area contributed by atoms with Gasteiger partial charge in [-0.05, 0) is 31.0 Å². The molecule has 2 rings (SSSR count). The largest absolute Gasteiger partial charge is 0.508 e. The van der Waals surface area contributed by atoms with Gasteiger partial charge < -0.3 is 50.3 Å². The normalized spacial score (nSPS) is 32.8. The van der Waals surface area contributed by atoms with E-state index in [0.29, 0.717) is 12.8 Å². The molecule has 1 aliphatic heterocycles. The summed E-state index contributed by atoms with van der Waals surface area (Å²) >= 11 is 0. The van der Waals surface area contributed by atoms with E-state index in [4.69, 9.17) is 14.6 Å². The minimum absolute atomic E-state index is 0.0515. The van der Waals surface area contributed by atoms with Crippen molar-refractivity contribution < 1.29 is 55.1 Å². The molecule has 11 heteroatoms. The average Bonchev–Trinajstić information content (AvgIpc) is 2.71. The Morgan fingerprint density at radius 3 is 2.39 bits per heavy atom. The summed E-state index contributed by atoms with van der Waals surface area (Å²) in [6, 6.07) is 5.12. The minimum atomic E-state index is -2.32. The van der Waals surface area contributed by atoms with Crippen LogP contribution in [0.5, 0.6) is 5.75 Å². The van der Waals surface area contributed by atoms with Gasteiger partial charge in [-0.2, -0.15) is 0 Å². The Labute approximate surface area is 191 Å². The van der Waals surface area contributed by atoms with Crippen molar-refractivity contribution in [1.82, 2.24) is 0 Å². The monoisotopic (exact) mass is 474 g/mol. The number of phenols is 1. The average molecular weight is 475 g/mol. The number of unbranched alkanes of at least 4 members (excludes halogenated alkanes) is 1. The van der Waals surface area contributed by atoms with Crippen LogP contribution in [0.2, 0.25) is 0 Å². The van der Waals surface area contributed by atoms with Crippen molar-refractivity contribution in [3.8, 4) is 5.75 Å². The third kappa shape index (κ3) is 6.19. The van der Waals surface area contributed by atoms with E-state index in [1.807, 2.05) is 6.92 Å². The maximum Gasteiger partial charge on any atom is 0.306 e. The van der Waals surface area contributed by atoms with Crippen molar-refractivity contribution in [2.45, 2.75) is 87.5 Å². The number of aliphatic carboxylic acids is 1. The van der Waals surface area contributed by atoms with Gasteiger partial charge in [0.2, 0.25) is 0 Å². The molecule has 188 valence electrons. The zero-order chi connectivity index (χ0) is 25.0. The van der Waals surface area contributed by atoms with Crippen LogP contribution in [0.4, 0.5) is 0 Å². The molecule has 0 amide bonds. The summed E-state index contributed by atoms with van der Waals surface area (Å²) in [6.07, 6.45) is -7.15. The van der Waals surface area contributed by atoms with E-state index >= 15 is 0 Å². The smallest absolute Gasteiger partial charge is 0.306 e. The summed E-state index contributed by atoms with van der Waals surface area (Å²) in [7, 11) is 0. The number of ether oxygens (including phenoxy) is 2. The molecule has 11 nitrogen and oxygen atoms in total. The fourth-order valence-corrected chi connectivity index (χ4v) is 4.06. The van der Waals surface area contributed by atoms with Crippen LogP contribution >= 0.6 is 0 Å². The highest BCUT2D eigenvalue weighted by molar-refractivity contribution is 5.68. The zero-order valence-corrected chi connectivity index (χ0v) is 18.7. The van der Waals surface area contributed by atoms with Crippen LogP contribution in [-0.2, 0) is 19.9 Å². The Hall–Kier alpha value is -1.83. The van der Waals surface area contributed by atoms with Crippen molar-refractivity contribution in [1.29, 1.82) is 0 Å². The van der Waals surface area contributed by atoms with Gasteiger partial charge in [0.25, 0.3) is 0 Å². The molecule has 0 saturated carbocycles. The number of rotatable bonds is 11. The molecule has 1 unspecified atom stereocenters. The Morgan fingerprint density at radius 2 is 1.85 bits per heavy atom. The first kappa shape index (κ1) is 27.4. The molecule has 0 aliphatic carbocycles. The third-order valence-electron chi connectivity index (χ3n) is 5.95.